The average molecular weight is 205 g/mol. The second-order valence-electron chi connectivity index (χ2n) is 2.90. The van der Waals surface area contributed by atoms with Gasteiger partial charge in [-0.3, -0.25) is 4.90 Å². The van der Waals surface area contributed by atoms with Gasteiger partial charge in [-0.2, -0.15) is 0 Å². The summed E-state index contributed by atoms with van der Waals surface area (Å²) in [5, 5.41) is 3.34. The van der Waals surface area contributed by atoms with Gasteiger partial charge in [-0.1, -0.05) is 0 Å². The highest BCUT2D eigenvalue weighted by atomic mass is 35.5. The van der Waals surface area contributed by atoms with E-state index in [0.717, 1.165) is 18.1 Å². The van der Waals surface area contributed by atoms with Crippen LogP contribution in [0.3, 0.4) is 0 Å². The number of rotatable bonds is 4. The van der Waals surface area contributed by atoms with Crippen molar-refractivity contribution in [1.82, 2.24) is 9.88 Å². The van der Waals surface area contributed by atoms with E-state index >= 15 is 0 Å². The molecule has 0 bridgehead atoms. The summed E-state index contributed by atoms with van der Waals surface area (Å²) in [5.41, 5.74) is 0. The Balaban J connectivity index is 2.32. The molecule has 0 amide bonds. The maximum atomic E-state index is 5.85. The van der Waals surface area contributed by atoms with Crippen LogP contribution in [-0.4, -0.2) is 28.9 Å². The minimum absolute atomic E-state index is 0.204. The first-order valence-corrected chi connectivity index (χ1v) is 5.21. The summed E-state index contributed by atoms with van der Waals surface area (Å²) in [6, 6.07) is 0. The van der Waals surface area contributed by atoms with Crippen molar-refractivity contribution in [2.24, 2.45) is 0 Å². The summed E-state index contributed by atoms with van der Waals surface area (Å²) in [6.07, 6.45) is 1.83. The number of halogens is 1. The zero-order chi connectivity index (χ0) is 8.97. The minimum Gasteiger partial charge on any atom is -0.298 e. The van der Waals surface area contributed by atoms with E-state index in [0.29, 0.717) is 0 Å². The Labute approximate surface area is 82.2 Å². The van der Waals surface area contributed by atoms with Gasteiger partial charge in [0.1, 0.15) is 5.01 Å². The molecule has 0 N–H and O–H groups in total. The van der Waals surface area contributed by atoms with E-state index in [-0.39, 0.29) is 5.38 Å². The van der Waals surface area contributed by atoms with Crippen molar-refractivity contribution in [1.29, 1.82) is 0 Å². The molecule has 1 heterocycles. The van der Waals surface area contributed by atoms with Gasteiger partial charge in [0, 0.05) is 23.5 Å². The maximum Gasteiger partial charge on any atom is 0.107 e. The third kappa shape index (κ3) is 3.52. The fourth-order valence-electron chi connectivity index (χ4n) is 1.06. The van der Waals surface area contributed by atoms with Crippen LogP contribution in [0.25, 0.3) is 0 Å². The topological polar surface area (TPSA) is 16.1 Å². The van der Waals surface area contributed by atoms with Crippen molar-refractivity contribution in [2.75, 3.05) is 13.6 Å². The number of aromatic nitrogens is 1. The van der Waals surface area contributed by atoms with E-state index < -0.39 is 0 Å². The Morgan fingerprint density at radius 1 is 1.75 bits per heavy atom. The molecule has 0 aliphatic carbocycles. The van der Waals surface area contributed by atoms with Crippen molar-refractivity contribution in [2.45, 2.75) is 18.8 Å². The SMILES string of the molecule is CC(Cl)CN(C)Cc1nccs1. The van der Waals surface area contributed by atoms with E-state index in [1.165, 1.54) is 0 Å². The van der Waals surface area contributed by atoms with Gasteiger partial charge in [-0.25, -0.2) is 4.98 Å². The summed E-state index contributed by atoms with van der Waals surface area (Å²) in [5.74, 6) is 0. The van der Waals surface area contributed by atoms with Crippen molar-refractivity contribution < 1.29 is 0 Å². The molecule has 1 unspecified atom stereocenters. The summed E-state index contributed by atoms with van der Waals surface area (Å²) in [4.78, 5) is 6.37. The average Bonchev–Trinajstić information content (AvgIpc) is 2.37. The maximum absolute atomic E-state index is 5.85. The molecule has 0 aliphatic rings. The first-order valence-electron chi connectivity index (χ1n) is 3.89. The normalized spacial score (nSPS) is 13.7. The van der Waals surface area contributed by atoms with Crippen LogP contribution in [0.1, 0.15) is 11.9 Å². The van der Waals surface area contributed by atoms with Gasteiger partial charge < -0.3 is 0 Å². The summed E-state index contributed by atoms with van der Waals surface area (Å²) in [6.45, 7) is 3.80. The first-order chi connectivity index (χ1) is 5.68. The largest absolute Gasteiger partial charge is 0.298 e. The predicted molar refractivity (Wildman–Crippen MR) is 53.8 cm³/mol. The molecule has 4 heteroatoms. The molecular formula is C8H13ClN2S. The fraction of sp³-hybridized carbons (Fsp3) is 0.625. The van der Waals surface area contributed by atoms with Crippen LogP contribution in [0.15, 0.2) is 11.6 Å². The van der Waals surface area contributed by atoms with Crippen LogP contribution in [0.2, 0.25) is 0 Å². The molecule has 1 atom stereocenters. The van der Waals surface area contributed by atoms with Crippen LogP contribution in [-0.2, 0) is 6.54 Å². The van der Waals surface area contributed by atoms with Gasteiger partial charge in [-0.15, -0.1) is 22.9 Å². The molecule has 0 saturated carbocycles. The Morgan fingerprint density at radius 2 is 2.50 bits per heavy atom. The molecule has 68 valence electrons. The van der Waals surface area contributed by atoms with Crippen molar-refractivity contribution in [3.63, 3.8) is 0 Å². The van der Waals surface area contributed by atoms with Gasteiger partial charge in [0.05, 0.1) is 6.54 Å². The fourth-order valence-corrected chi connectivity index (χ4v) is 1.99. The predicted octanol–water partition coefficient (Wildman–Crippen LogP) is 2.20. The third-order valence-electron chi connectivity index (χ3n) is 1.45. The van der Waals surface area contributed by atoms with Crippen LogP contribution in [0.5, 0.6) is 0 Å². The third-order valence-corrected chi connectivity index (χ3v) is 2.35. The first kappa shape index (κ1) is 9.96. The summed E-state index contributed by atoms with van der Waals surface area (Å²) in [7, 11) is 2.06. The van der Waals surface area contributed by atoms with Crippen molar-refractivity contribution in [3.05, 3.63) is 16.6 Å². The lowest BCUT2D eigenvalue weighted by molar-refractivity contribution is 0.329. The van der Waals surface area contributed by atoms with E-state index in [2.05, 4.69) is 16.9 Å². The second kappa shape index (κ2) is 4.80. The number of thiazole rings is 1. The molecule has 12 heavy (non-hydrogen) atoms. The monoisotopic (exact) mass is 204 g/mol. The summed E-state index contributed by atoms with van der Waals surface area (Å²) < 4.78 is 0. The van der Waals surface area contributed by atoms with Gasteiger partial charge in [0.2, 0.25) is 0 Å². The quantitative estimate of drug-likeness (QED) is 0.700. The Bertz CT molecular complexity index is 211. The lowest BCUT2D eigenvalue weighted by atomic mass is 10.4. The molecule has 0 fully saturated rings. The Kier molecular flexibility index (Phi) is 3.98. The zero-order valence-corrected chi connectivity index (χ0v) is 8.90. The second-order valence-corrected chi connectivity index (χ2v) is 4.63. The van der Waals surface area contributed by atoms with Crippen LogP contribution < -0.4 is 0 Å². The molecule has 1 aromatic heterocycles. The van der Waals surface area contributed by atoms with E-state index in [9.17, 15) is 0 Å². The summed E-state index contributed by atoms with van der Waals surface area (Å²) >= 11 is 7.54. The van der Waals surface area contributed by atoms with Crippen LogP contribution in [0.4, 0.5) is 0 Å². The van der Waals surface area contributed by atoms with E-state index in [1.54, 1.807) is 11.3 Å². The number of alkyl halides is 1. The lowest BCUT2D eigenvalue weighted by Crippen LogP contribution is -2.24. The Morgan fingerprint density at radius 3 is 3.00 bits per heavy atom. The van der Waals surface area contributed by atoms with Crippen molar-refractivity contribution in [3.8, 4) is 0 Å². The number of hydrogen-bond donors (Lipinski definition) is 0. The molecule has 0 saturated heterocycles. The number of hydrogen-bond acceptors (Lipinski definition) is 3. The number of nitrogens with zero attached hydrogens (tertiary/aromatic N) is 2. The molecule has 1 rings (SSSR count). The Hall–Kier alpha value is -0.120. The molecule has 0 aromatic carbocycles. The van der Waals surface area contributed by atoms with Gasteiger partial charge >= 0.3 is 0 Å². The molecule has 0 spiro atoms. The van der Waals surface area contributed by atoms with Crippen LogP contribution in [0, 0.1) is 0 Å². The standard InChI is InChI=1S/C8H13ClN2S/c1-7(9)5-11(2)6-8-10-3-4-12-8/h3-4,7H,5-6H2,1-2H3. The van der Waals surface area contributed by atoms with Gasteiger partial charge in [-0.05, 0) is 14.0 Å². The molecule has 0 radical (unpaired) electrons. The zero-order valence-electron chi connectivity index (χ0n) is 7.33. The highest BCUT2D eigenvalue weighted by molar-refractivity contribution is 7.09. The lowest BCUT2D eigenvalue weighted by Gasteiger charge is -2.15. The smallest absolute Gasteiger partial charge is 0.107 e. The molecular weight excluding hydrogens is 192 g/mol. The molecule has 0 aliphatic heterocycles. The van der Waals surface area contributed by atoms with E-state index in [4.69, 9.17) is 11.6 Å². The highest BCUT2D eigenvalue weighted by Gasteiger charge is 2.04. The molecule has 1 aromatic rings. The van der Waals surface area contributed by atoms with E-state index in [1.807, 2.05) is 18.5 Å². The van der Waals surface area contributed by atoms with Crippen molar-refractivity contribution >= 4 is 22.9 Å². The van der Waals surface area contributed by atoms with Crippen LogP contribution >= 0.6 is 22.9 Å². The minimum atomic E-state index is 0.204. The van der Waals surface area contributed by atoms with Gasteiger partial charge in [0.25, 0.3) is 0 Å². The molecule has 2 nitrogen and oxygen atoms in total. The van der Waals surface area contributed by atoms with Gasteiger partial charge in [0.15, 0.2) is 0 Å². The highest BCUT2D eigenvalue weighted by Crippen LogP contribution is 2.07.